The van der Waals surface area contributed by atoms with Crippen LogP contribution < -0.4 is 9.47 Å². The van der Waals surface area contributed by atoms with Gasteiger partial charge in [-0.15, -0.1) is 11.3 Å². The summed E-state index contributed by atoms with van der Waals surface area (Å²) < 4.78 is 10.5. The molecule has 1 aromatic heterocycles. The fraction of sp³-hybridized carbons (Fsp3) is 0.231. The predicted molar refractivity (Wildman–Crippen MR) is 72.4 cm³/mol. The van der Waals surface area contributed by atoms with Gasteiger partial charge in [-0.25, -0.2) is 9.78 Å². The Morgan fingerprint density at radius 2 is 2.05 bits per heavy atom. The monoisotopic (exact) mass is 279 g/mol. The lowest BCUT2D eigenvalue weighted by Gasteiger charge is -2.09. The van der Waals surface area contributed by atoms with Crippen molar-refractivity contribution in [2.45, 2.75) is 6.92 Å². The smallest absolute Gasteiger partial charge is 0.365 e. The molecule has 1 aromatic carbocycles. The average molecular weight is 279 g/mol. The molecule has 19 heavy (non-hydrogen) atoms. The Hall–Kier alpha value is -2.08. The Kier molecular flexibility index (Phi) is 3.71. The van der Waals surface area contributed by atoms with Crippen molar-refractivity contribution in [3.8, 4) is 21.9 Å². The number of carboxylic acids is 1. The van der Waals surface area contributed by atoms with Gasteiger partial charge in [0.1, 0.15) is 11.5 Å². The molecule has 0 aliphatic heterocycles. The van der Waals surface area contributed by atoms with Crippen LogP contribution in [0.4, 0.5) is 0 Å². The zero-order chi connectivity index (χ0) is 14.0. The highest BCUT2D eigenvalue weighted by Crippen LogP contribution is 2.38. The van der Waals surface area contributed by atoms with E-state index in [0.717, 1.165) is 21.8 Å². The van der Waals surface area contributed by atoms with Gasteiger partial charge in [0, 0.05) is 5.56 Å². The first-order valence-corrected chi connectivity index (χ1v) is 6.31. The molecule has 0 saturated carbocycles. The van der Waals surface area contributed by atoms with E-state index in [0.29, 0.717) is 17.2 Å². The summed E-state index contributed by atoms with van der Waals surface area (Å²) in [4.78, 5) is 15.8. The minimum Gasteiger partial charge on any atom is -0.497 e. The van der Waals surface area contributed by atoms with Gasteiger partial charge < -0.3 is 14.6 Å². The molecule has 0 aliphatic rings. The second-order valence-corrected chi connectivity index (χ2v) is 4.80. The number of methoxy groups -OCH3 is 2. The molecule has 0 radical (unpaired) electrons. The number of rotatable bonds is 4. The lowest BCUT2D eigenvalue weighted by Crippen LogP contribution is -1.93. The Morgan fingerprint density at radius 3 is 2.58 bits per heavy atom. The molecule has 100 valence electrons. The van der Waals surface area contributed by atoms with Gasteiger partial charge in [-0.1, -0.05) is 0 Å². The van der Waals surface area contributed by atoms with Crippen LogP contribution in [0.15, 0.2) is 18.2 Å². The summed E-state index contributed by atoms with van der Waals surface area (Å²) in [6.07, 6.45) is 0. The van der Waals surface area contributed by atoms with Gasteiger partial charge in [0.15, 0.2) is 0 Å². The summed E-state index contributed by atoms with van der Waals surface area (Å²) in [6.45, 7) is 1.77. The van der Waals surface area contributed by atoms with Crippen molar-refractivity contribution in [2.24, 2.45) is 0 Å². The van der Waals surface area contributed by atoms with Gasteiger partial charge in [0.25, 0.3) is 0 Å². The van der Waals surface area contributed by atoms with E-state index in [1.165, 1.54) is 0 Å². The molecule has 0 fully saturated rings. The number of thiazole rings is 1. The standard InChI is InChI=1S/C13H13NO4S/c1-7-11(19-12(14-7)13(15)16)9-6-8(17-2)4-5-10(9)18-3/h4-6H,1-3H3,(H,15,16). The number of aryl methyl sites for hydroxylation is 1. The highest BCUT2D eigenvalue weighted by molar-refractivity contribution is 7.17. The van der Waals surface area contributed by atoms with E-state index in [1.807, 2.05) is 6.07 Å². The van der Waals surface area contributed by atoms with Crippen molar-refractivity contribution in [2.75, 3.05) is 14.2 Å². The van der Waals surface area contributed by atoms with E-state index in [4.69, 9.17) is 14.6 Å². The largest absolute Gasteiger partial charge is 0.497 e. The average Bonchev–Trinajstić information content (AvgIpc) is 2.80. The maximum atomic E-state index is 11.0. The minimum atomic E-state index is -1.03. The number of hydrogen-bond donors (Lipinski definition) is 1. The van der Waals surface area contributed by atoms with Crippen LogP contribution >= 0.6 is 11.3 Å². The third-order valence-electron chi connectivity index (χ3n) is 2.63. The molecule has 6 heteroatoms. The first kappa shape index (κ1) is 13.4. The van der Waals surface area contributed by atoms with Gasteiger partial charge in [-0.05, 0) is 25.1 Å². The third kappa shape index (κ3) is 2.53. The van der Waals surface area contributed by atoms with Crippen LogP contribution in [0.3, 0.4) is 0 Å². The van der Waals surface area contributed by atoms with Crippen LogP contribution in [-0.2, 0) is 0 Å². The molecular formula is C13H13NO4S. The van der Waals surface area contributed by atoms with Crippen molar-refractivity contribution in [3.05, 3.63) is 28.9 Å². The molecule has 2 rings (SSSR count). The molecule has 0 atom stereocenters. The molecule has 1 N–H and O–H groups in total. The zero-order valence-corrected chi connectivity index (χ0v) is 11.6. The van der Waals surface area contributed by atoms with Crippen LogP contribution in [0.2, 0.25) is 0 Å². The third-order valence-corrected chi connectivity index (χ3v) is 3.81. The van der Waals surface area contributed by atoms with Crippen molar-refractivity contribution in [1.82, 2.24) is 4.98 Å². The molecule has 2 aromatic rings. The molecule has 5 nitrogen and oxygen atoms in total. The predicted octanol–water partition coefficient (Wildman–Crippen LogP) is 2.83. The van der Waals surface area contributed by atoms with Crippen LogP contribution in [-0.4, -0.2) is 30.3 Å². The van der Waals surface area contributed by atoms with E-state index < -0.39 is 5.97 Å². The highest BCUT2D eigenvalue weighted by atomic mass is 32.1. The second kappa shape index (κ2) is 5.27. The Balaban J connectivity index is 2.59. The fourth-order valence-electron chi connectivity index (χ4n) is 1.73. The van der Waals surface area contributed by atoms with Crippen LogP contribution in [0.5, 0.6) is 11.5 Å². The SMILES string of the molecule is COc1ccc(OC)c(-c2sc(C(=O)O)nc2C)c1. The fourth-order valence-corrected chi connectivity index (χ4v) is 2.66. The van der Waals surface area contributed by atoms with Gasteiger partial charge in [-0.2, -0.15) is 0 Å². The van der Waals surface area contributed by atoms with E-state index in [1.54, 1.807) is 33.3 Å². The second-order valence-electron chi connectivity index (χ2n) is 3.80. The summed E-state index contributed by atoms with van der Waals surface area (Å²) in [5.74, 6) is 0.311. The number of aromatic nitrogens is 1. The maximum absolute atomic E-state index is 11.0. The number of benzene rings is 1. The van der Waals surface area contributed by atoms with Gasteiger partial charge in [-0.3, -0.25) is 0 Å². The molecule has 0 unspecified atom stereocenters. The lowest BCUT2D eigenvalue weighted by atomic mass is 10.1. The first-order chi connectivity index (χ1) is 9.06. The van der Waals surface area contributed by atoms with Crippen molar-refractivity contribution < 1.29 is 19.4 Å². The summed E-state index contributed by atoms with van der Waals surface area (Å²) in [5.41, 5.74) is 1.44. The Bertz CT molecular complexity index is 621. The zero-order valence-electron chi connectivity index (χ0n) is 10.8. The van der Waals surface area contributed by atoms with Crippen molar-refractivity contribution >= 4 is 17.3 Å². The molecule has 0 bridgehead atoms. The van der Waals surface area contributed by atoms with E-state index >= 15 is 0 Å². The number of hydrogen-bond acceptors (Lipinski definition) is 5. The molecule has 1 heterocycles. The Morgan fingerprint density at radius 1 is 1.32 bits per heavy atom. The molecule has 0 amide bonds. The van der Waals surface area contributed by atoms with E-state index in [-0.39, 0.29) is 5.01 Å². The Labute approximate surface area is 114 Å². The number of aromatic carboxylic acids is 1. The summed E-state index contributed by atoms with van der Waals surface area (Å²) >= 11 is 1.12. The van der Waals surface area contributed by atoms with Crippen molar-refractivity contribution in [1.29, 1.82) is 0 Å². The van der Waals surface area contributed by atoms with Crippen LogP contribution in [0.1, 0.15) is 15.5 Å². The number of carbonyl (C=O) groups is 1. The first-order valence-electron chi connectivity index (χ1n) is 5.50. The highest BCUT2D eigenvalue weighted by Gasteiger charge is 2.18. The van der Waals surface area contributed by atoms with Crippen LogP contribution in [0.25, 0.3) is 10.4 Å². The van der Waals surface area contributed by atoms with E-state index in [9.17, 15) is 4.79 Å². The number of carboxylic acid groups (broad SMARTS) is 1. The number of nitrogens with zero attached hydrogens (tertiary/aromatic N) is 1. The number of ether oxygens (including phenoxy) is 2. The summed E-state index contributed by atoms with van der Waals surface area (Å²) in [7, 11) is 3.15. The van der Waals surface area contributed by atoms with Crippen molar-refractivity contribution in [3.63, 3.8) is 0 Å². The topological polar surface area (TPSA) is 68.7 Å². The van der Waals surface area contributed by atoms with Gasteiger partial charge in [0.2, 0.25) is 5.01 Å². The van der Waals surface area contributed by atoms with Gasteiger partial charge >= 0.3 is 5.97 Å². The molecular weight excluding hydrogens is 266 g/mol. The molecule has 0 aliphatic carbocycles. The summed E-state index contributed by atoms with van der Waals surface area (Å²) in [6, 6.07) is 5.38. The maximum Gasteiger partial charge on any atom is 0.365 e. The van der Waals surface area contributed by atoms with Crippen LogP contribution in [0, 0.1) is 6.92 Å². The van der Waals surface area contributed by atoms with E-state index in [2.05, 4.69) is 4.98 Å². The lowest BCUT2D eigenvalue weighted by molar-refractivity contribution is 0.0696. The van der Waals surface area contributed by atoms with Gasteiger partial charge in [0.05, 0.1) is 24.8 Å². The minimum absolute atomic E-state index is 0.0670. The quantitative estimate of drug-likeness (QED) is 0.932. The normalized spacial score (nSPS) is 10.3. The molecule has 0 spiro atoms. The molecule has 0 saturated heterocycles. The summed E-state index contributed by atoms with van der Waals surface area (Å²) in [5, 5.41) is 9.06.